The maximum atomic E-state index is 10.1. The van der Waals surface area contributed by atoms with E-state index in [2.05, 4.69) is 0 Å². The third kappa shape index (κ3) is 2.38. The van der Waals surface area contributed by atoms with Crippen molar-refractivity contribution in [1.82, 2.24) is 0 Å². The topological polar surface area (TPSA) is 110 Å². The Balaban J connectivity index is 1.98. The van der Waals surface area contributed by atoms with E-state index in [4.69, 9.17) is 9.84 Å². The van der Waals surface area contributed by atoms with Gasteiger partial charge in [-0.05, 0) is 5.56 Å². The van der Waals surface area contributed by atoms with Crippen molar-refractivity contribution in [2.24, 2.45) is 5.92 Å². The minimum Gasteiger partial charge on any atom is -0.396 e. The van der Waals surface area contributed by atoms with Crippen LogP contribution in [0.5, 0.6) is 0 Å². The number of aliphatic hydroxyl groups is 5. The highest BCUT2D eigenvalue weighted by molar-refractivity contribution is 5.15. The Morgan fingerprint density at radius 1 is 1.21 bits per heavy atom. The first-order chi connectivity index (χ1) is 9.01. The molecule has 0 spiro atoms. The molecule has 0 radical (unpaired) electrons. The Morgan fingerprint density at radius 3 is 2.42 bits per heavy atom. The summed E-state index contributed by atoms with van der Waals surface area (Å²) in [5.41, 5.74) is -1.26. The molecule has 0 aromatic heterocycles. The molecule has 0 saturated heterocycles. The van der Waals surface area contributed by atoms with Crippen LogP contribution >= 0.6 is 0 Å². The van der Waals surface area contributed by atoms with E-state index in [-0.39, 0.29) is 6.61 Å². The van der Waals surface area contributed by atoms with Gasteiger partial charge in [-0.1, -0.05) is 30.3 Å². The highest BCUT2D eigenvalue weighted by Crippen LogP contribution is 2.42. The molecule has 6 nitrogen and oxygen atoms in total. The summed E-state index contributed by atoms with van der Waals surface area (Å²) in [4.78, 5) is 0. The minimum atomic E-state index is -2.05. The maximum absolute atomic E-state index is 10.1. The zero-order valence-electron chi connectivity index (χ0n) is 10.3. The average molecular weight is 270 g/mol. The van der Waals surface area contributed by atoms with E-state index in [1.807, 2.05) is 6.07 Å². The Bertz CT molecular complexity index is 411. The monoisotopic (exact) mass is 270 g/mol. The van der Waals surface area contributed by atoms with Crippen LogP contribution < -0.4 is 0 Å². The second kappa shape index (κ2) is 5.54. The summed E-state index contributed by atoms with van der Waals surface area (Å²) in [5.74, 6) is -1.03. The second-order valence-corrected chi connectivity index (χ2v) is 4.76. The molecule has 1 fully saturated rings. The Hall–Kier alpha value is -1.02. The molecule has 6 heteroatoms. The molecule has 5 N–H and O–H groups in total. The SMILES string of the molecule is OCC1C(O)C(O)C1(O)C(O)OCc1ccccc1. The molecule has 5 unspecified atom stereocenters. The number of aliphatic hydroxyl groups excluding tert-OH is 4. The van der Waals surface area contributed by atoms with Gasteiger partial charge in [0.25, 0.3) is 0 Å². The van der Waals surface area contributed by atoms with E-state index in [1.54, 1.807) is 24.3 Å². The van der Waals surface area contributed by atoms with Crippen LogP contribution in [0.3, 0.4) is 0 Å². The number of hydrogen-bond donors (Lipinski definition) is 5. The van der Waals surface area contributed by atoms with Gasteiger partial charge >= 0.3 is 0 Å². The molecule has 1 saturated carbocycles. The third-order valence-corrected chi connectivity index (χ3v) is 3.65. The second-order valence-electron chi connectivity index (χ2n) is 4.76. The first-order valence-corrected chi connectivity index (χ1v) is 6.04. The Labute approximate surface area is 110 Å². The standard InChI is InChI=1S/C13H18O6/c14-6-9-10(15)11(16)13(9,18)12(17)19-7-8-4-2-1-3-5-8/h1-5,9-12,14-18H,6-7H2. The molecule has 0 heterocycles. The number of ether oxygens (including phenoxy) is 1. The van der Waals surface area contributed by atoms with Gasteiger partial charge in [0.05, 0.1) is 19.3 Å². The lowest BCUT2D eigenvalue weighted by molar-refractivity contribution is -0.349. The fraction of sp³-hybridized carbons (Fsp3) is 0.538. The van der Waals surface area contributed by atoms with E-state index in [1.165, 1.54) is 0 Å². The van der Waals surface area contributed by atoms with Gasteiger partial charge in [0.15, 0.2) is 11.9 Å². The molecule has 0 amide bonds. The Kier molecular flexibility index (Phi) is 4.19. The van der Waals surface area contributed by atoms with Crippen molar-refractivity contribution in [1.29, 1.82) is 0 Å². The molecule has 106 valence electrons. The van der Waals surface area contributed by atoms with Gasteiger partial charge < -0.3 is 30.3 Å². The van der Waals surface area contributed by atoms with Crippen molar-refractivity contribution >= 4 is 0 Å². The number of rotatable bonds is 5. The molecule has 19 heavy (non-hydrogen) atoms. The number of benzene rings is 1. The van der Waals surface area contributed by atoms with Gasteiger partial charge in [0.2, 0.25) is 0 Å². The van der Waals surface area contributed by atoms with Crippen LogP contribution in [0.15, 0.2) is 30.3 Å². The van der Waals surface area contributed by atoms with Gasteiger partial charge in [0, 0.05) is 5.92 Å². The van der Waals surface area contributed by atoms with Crippen LogP contribution in [0.25, 0.3) is 0 Å². The van der Waals surface area contributed by atoms with Gasteiger partial charge in [-0.15, -0.1) is 0 Å². The van der Waals surface area contributed by atoms with Gasteiger partial charge in [-0.25, -0.2) is 0 Å². The third-order valence-electron chi connectivity index (χ3n) is 3.65. The van der Waals surface area contributed by atoms with Crippen molar-refractivity contribution < 1.29 is 30.3 Å². The molecule has 1 aliphatic carbocycles. The predicted octanol–water partition coefficient (Wildman–Crippen LogP) is -1.40. The zero-order chi connectivity index (χ0) is 14.0. The molecule has 5 atom stereocenters. The zero-order valence-corrected chi connectivity index (χ0v) is 10.3. The Morgan fingerprint density at radius 2 is 1.84 bits per heavy atom. The lowest BCUT2D eigenvalue weighted by atomic mass is 9.64. The van der Waals surface area contributed by atoms with E-state index < -0.39 is 36.6 Å². The van der Waals surface area contributed by atoms with Crippen LogP contribution in [0.1, 0.15) is 5.56 Å². The summed E-state index contributed by atoms with van der Waals surface area (Å²) in [5, 5.41) is 47.9. The average Bonchev–Trinajstić information content (AvgIpc) is 2.45. The largest absolute Gasteiger partial charge is 0.396 e. The maximum Gasteiger partial charge on any atom is 0.187 e. The van der Waals surface area contributed by atoms with Gasteiger partial charge in [-0.2, -0.15) is 0 Å². The van der Waals surface area contributed by atoms with E-state index in [0.717, 1.165) is 5.56 Å². The molecule has 1 aromatic carbocycles. The molecule has 0 bridgehead atoms. The first kappa shape index (κ1) is 14.4. The predicted molar refractivity (Wildman–Crippen MR) is 64.8 cm³/mol. The van der Waals surface area contributed by atoms with Crippen LogP contribution in [0.2, 0.25) is 0 Å². The van der Waals surface area contributed by atoms with E-state index in [9.17, 15) is 20.4 Å². The minimum absolute atomic E-state index is 0.0469. The summed E-state index contributed by atoms with van der Waals surface area (Å²) >= 11 is 0. The molecular weight excluding hydrogens is 252 g/mol. The van der Waals surface area contributed by atoms with Crippen LogP contribution in [0, 0.1) is 5.92 Å². The normalized spacial score (nSPS) is 35.7. The highest BCUT2D eigenvalue weighted by atomic mass is 16.6. The molecule has 0 aliphatic heterocycles. The van der Waals surface area contributed by atoms with Crippen molar-refractivity contribution in [3.05, 3.63) is 35.9 Å². The summed E-state index contributed by atoms with van der Waals surface area (Å²) in [6, 6.07) is 9.01. The fourth-order valence-electron chi connectivity index (χ4n) is 2.33. The van der Waals surface area contributed by atoms with Gasteiger partial charge in [0.1, 0.15) is 6.10 Å². The highest BCUT2D eigenvalue weighted by Gasteiger charge is 2.64. The number of hydrogen-bond acceptors (Lipinski definition) is 6. The molecule has 1 aromatic rings. The summed E-state index contributed by atoms with van der Waals surface area (Å²) in [6.07, 6.45) is -4.51. The summed E-state index contributed by atoms with van der Waals surface area (Å²) < 4.78 is 5.11. The summed E-state index contributed by atoms with van der Waals surface area (Å²) in [7, 11) is 0. The molecule has 1 aliphatic rings. The summed E-state index contributed by atoms with van der Waals surface area (Å²) in [6.45, 7) is -0.508. The van der Waals surface area contributed by atoms with E-state index >= 15 is 0 Å². The molecular formula is C13H18O6. The van der Waals surface area contributed by atoms with E-state index in [0.29, 0.717) is 0 Å². The first-order valence-electron chi connectivity index (χ1n) is 6.04. The quantitative estimate of drug-likeness (QED) is 0.421. The lowest BCUT2D eigenvalue weighted by Crippen LogP contribution is -2.75. The van der Waals surface area contributed by atoms with Crippen LogP contribution in [0.4, 0.5) is 0 Å². The lowest BCUT2D eigenvalue weighted by Gasteiger charge is -2.54. The molecule has 2 rings (SSSR count). The van der Waals surface area contributed by atoms with Crippen molar-refractivity contribution in [3.63, 3.8) is 0 Å². The van der Waals surface area contributed by atoms with Crippen molar-refractivity contribution in [2.75, 3.05) is 6.61 Å². The van der Waals surface area contributed by atoms with Crippen LogP contribution in [-0.4, -0.2) is 56.2 Å². The van der Waals surface area contributed by atoms with Crippen LogP contribution in [-0.2, 0) is 11.3 Å². The smallest absolute Gasteiger partial charge is 0.187 e. The van der Waals surface area contributed by atoms with Gasteiger partial charge in [-0.3, -0.25) is 0 Å². The van der Waals surface area contributed by atoms with Crippen molar-refractivity contribution in [3.8, 4) is 0 Å². The van der Waals surface area contributed by atoms with Crippen molar-refractivity contribution in [2.45, 2.75) is 30.7 Å². The fourth-order valence-corrected chi connectivity index (χ4v) is 2.33.